The third kappa shape index (κ3) is 3.93. The second kappa shape index (κ2) is 5.78. The van der Waals surface area contributed by atoms with Crippen molar-refractivity contribution in [3.05, 3.63) is 17.3 Å². The predicted octanol–water partition coefficient (Wildman–Crippen LogP) is 2.01. The van der Waals surface area contributed by atoms with Crippen LogP contribution in [0.15, 0.2) is 12.3 Å². The summed E-state index contributed by atoms with van der Waals surface area (Å²) in [6.07, 6.45) is 1.58. The first-order chi connectivity index (χ1) is 7.13. The first kappa shape index (κ1) is 12.1. The molecule has 0 saturated heterocycles. The molecule has 1 rings (SSSR count). The maximum atomic E-state index is 5.95. The van der Waals surface area contributed by atoms with Crippen molar-refractivity contribution in [3.8, 4) is 0 Å². The van der Waals surface area contributed by atoms with Gasteiger partial charge in [0, 0.05) is 13.7 Å². The Morgan fingerprint density at radius 1 is 1.67 bits per heavy atom. The lowest BCUT2D eigenvalue weighted by molar-refractivity contribution is 0.164. The number of hydrogen-bond acceptors (Lipinski definition) is 4. The average molecular weight is 230 g/mol. The number of aromatic nitrogens is 1. The normalized spacial score (nSPS) is 12.5. The van der Waals surface area contributed by atoms with E-state index in [9.17, 15) is 0 Å². The maximum Gasteiger partial charge on any atom is 0.144 e. The highest BCUT2D eigenvalue weighted by molar-refractivity contribution is 6.33. The minimum atomic E-state index is 0.408. The van der Waals surface area contributed by atoms with Gasteiger partial charge < -0.3 is 15.8 Å². The first-order valence-electron chi connectivity index (χ1n) is 4.77. The van der Waals surface area contributed by atoms with E-state index in [-0.39, 0.29) is 0 Å². The Balaban J connectivity index is 2.50. The molecule has 84 valence electrons. The van der Waals surface area contributed by atoms with Crippen LogP contribution in [-0.2, 0) is 4.74 Å². The number of anilines is 2. The van der Waals surface area contributed by atoms with Gasteiger partial charge in [-0.15, -0.1) is 0 Å². The van der Waals surface area contributed by atoms with Crippen LogP contribution in [0, 0.1) is 5.92 Å². The quantitative estimate of drug-likeness (QED) is 0.811. The second-order valence-electron chi connectivity index (χ2n) is 3.54. The lowest BCUT2D eigenvalue weighted by Crippen LogP contribution is -2.16. The Bertz CT molecular complexity index is 320. The van der Waals surface area contributed by atoms with E-state index in [1.54, 1.807) is 19.4 Å². The molecule has 0 spiro atoms. The Morgan fingerprint density at radius 2 is 2.40 bits per heavy atom. The fraction of sp³-hybridized carbons (Fsp3) is 0.500. The third-order valence-electron chi connectivity index (χ3n) is 1.93. The topological polar surface area (TPSA) is 60.2 Å². The van der Waals surface area contributed by atoms with E-state index in [1.807, 2.05) is 0 Å². The van der Waals surface area contributed by atoms with E-state index in [4.69, 9.17) is 22.1 Å². The van der Waals surface area contributed by atoms with Gasteiger partial charge in [0.1, 0.15) is 5.82 Å². The highest BCUT2D eigenvalue weighted by Crippen LogP contribution is 2.21. The van der Waals surface area contributed by atoms with Crippen molar-refractivity contribution in [1.82, 2.24) is 4.98 Å². The second-order valence-corrected chi connectivity index (χ2v) is 3.95. The highest BCUT2D eigenvalue weighted by atomic mass is 35.5. The Hall–Kier alpha value is -1.00. The van der Waals surface area contributed by atoms with E-state index in [1.165, 1.54) is 0 Å². The molecule has 0 bridgehead atoms. The molecule has 0 aliphatic heterocycles. The number of halogens is 1. The zero-order valence-corrected chi connectivity index (χ0v) is 9.71. The van der Waals surface area contributed by atoms with E-state index >= 15 is 0 Å². The average Bonchev–Trinajstić information content (AvgIpc) is 2.17. The Morgan fingerprint density at radius 3 is 3.00 bits per heavy atom. The standard InChI is InChI=1S/C10H16ClN3O/c1-7(6-15-2)4-13-10-9(11)3-8(12)5-14-10/h3,5,7H,4,6,12H2,1-2H3,(H,13,14). The number of hydrogen-bond donors (Lipinski definition) is 2. The zero-order chi connectivity index (χ0) is 11.3. The molecule has 4 nitrogen and oxygen atoms in total. The Labute approximate surface area is 94.8 Å². The number of rotatable bonds is 5. The summed E-state index contributed by atoms with van der Waals surface area (Å²) in [5.74, 6) is 1.07. The van der Waals surface area contributed by atoms with Crippen LogP contribution in [0.2, 0.25) is 5.02 Å². The van der Waals surface area contributed by atoms with Crippen LogP contribution in [0.25, 0.3) is 0 Å². The summed E-state index contributed by atoms with van der Waals surface area (Å²) in [5.41, 5.74) is 6.10. The number of ether oxygens (including phenoxy) is 1. The van der Waals surface area contributed by atoms with Gasteiger partial charge in [-0.2, -0.15) is 0 Å². The summed E-state index contributed by atoms with van der Waals surface area (Å²) >= 11 is 5.95. The predicted molar refractivity (Wildman–Crippen MR) is 63.2 cm³/mol. The molecule has 0 saturated carbocycles. The van der Waals surface area contributed by atoms with Crippen LogP contribution in [0.1, 0.15) is 6.92 Å². The molecule has 15 heavy (non-hydrogen) atoms. The summed E-state index contributed by atoms with van der Waals surface area (Å²) in [6.45, 7) is 3.56. The summed E-state index contributed by atoms with van der Waals surface area (Å²) < 4.78 is 5.03. The van der Waals surface area contributed by atoms with Crippen LogP contribution >= 0.6 is 11.6 Å². The molecule has 1 heterocycles. The molecule has 0 aliphatic rings. The number of pyridine rings is 1. The van der Waals surface area contributed by atoms with Gasteiger partial charge in [-0.1, -0.05) is 18.5 Å². The highest BCUT2D eigenvalue weighted by Gasteiger charge is 2.05. The van der Waals surface area contributed by atoms with Crippen molar-refractivity contribution < 1.29 is 4.74 Å². The molecular formula is C10H16ClN3O. The van der Waals surface area contributed by atoms with Gasteiger partial charge in [-0.05, 0) is 12.0 Å². The molecule has 1 unspecified atom stereocenters. The van der Waals surface area contributed by atoms with Gasteiger partial charge in [-0.25, -0.2) is 4.98 Å². The van der Waals surface area contributed by atoms with Crippen molar-refractivity contribution >= 4 is 23.1 Å². The first-order valence-corrected chi connectivity index (χ1v) is 5.15. The van der Waals surface area contributed by atoms with Crippen molar-refractivity contribution in [2.75, 3.05) is 31.3 Å². The molecule has 0 aliphatic carbocycles. The SMILES string of the molecule is COCC(C)CNc1ncc(N)cc1Cl. The molecule has 1 aromatic heterocycles. The van der Waals surface area contributed by atoms with Crippen LogP contribution in [-0.4, -0.2) is 25.2 Å². The maximum absolute atomic E-state index is 5.95. The molecule has 1 atom stereocenters. The van der Waals surface area contributed by atoms with Crippen LogP contribution in [0.3, 0.4) is 0 Å². The summed E-state index contributed by atoms with van der Waals surface area (Å²) in [7, 11) is 1.69. The van der Waals surface area contributed by atoms with Gasteiger partial charge in [0.05, 0.1) is 23.5 Å². The largest absolute Gasteiger partial charge is 0.397 e. The van der Waals surface area contributed by atoms with E-state index in [2.05, 4.69) is 17.2 Å². The van der Waals surface area contributed by atoms with Crippen LogP contribution in [0.5, 0.6) is 0 Å². The molecule has 5 heteroatoms. The van der Waals surface area contributed by atoms with E-state index in [0.29, 0.717) is 29.1 Å². The van der Waals surface area contributed by atoms with Gasteiger partial charge in [0.25, 0.3) is 0 Å². The molecular weight excluding hydrogens is 214 g/mol. The summed E-state index contributed by atoms with van der Waals surface area (Å²) in [5, 5.41) is 3.69. The van der Waals surface area contributed by atoms with E-state index < -0.39 is 0 Å². The number of nitrogens with two attached hydrogens (primary N) is 1. The van der Waals surface area contributed by atoms with Crippen LogP contribution < -0.4 is 11.1 Å². The third-order valence-corrected chi connectivity index (χ3v) is 2.22. The smallest absolute Gasteiger partial charge is 0.144 e. The van der Waals surface area contributed by atoms with Gasteiger partial charge in [0.15, 0.2) is 0 Å². The molecule has 0 fully saturated rings. The van der Waals surface area contributed by atoms with Crippen molar-refractivity contribution in [3.63, 3.8) is 0 Å². The monoisotopic (exact) mass is 229 g/mol. The van der Waals surface area contributed by atoms with Crippen molar-refractivity contribution in [1.29, 1.82) is 0 Å². The van der Waals surface area contributed by atoms with Crippen molar-refractivity contribution in [2.24, 2.45) is 5.92 Å². The number of nitrogen functional groups attached to an aromatic ring is 1. The lowest BCUT2D eigenvalue weighted by atomic mass is 10.2. The number of nitrogens with one attached hydrogen (secondary N) is 1. The van der Waals surface area contributed by atoms with Gasteiger partial charge in [0.2, 0.25) is 0 Å². The van der Waals surface area contributed by atoms with Gasteiger partial charge in [-0.3, -0.25) is 0 Å². The zero-order valence-electron chi connectivity index (χ0n) is 8.96. The molecule has 3 N–H and O–H groups in total. The van der Waals surface area contributed by atoms with Gasteiger partial charge >= 0.3 is 0 Å². The van der Waals surface area contributed by atoms with Crippen LogP contribution in [0.4, 0.5) is 11.5 Å². The fourth-order valence-corrected chi connectivity index (χ4v) is 1.44. The molecule has 0 amide bonds. The minimum absolute atomic E-state index is 0.408. The Kier molecular flexibility index (Phi) is 4.65. The molecule has 0 radical (unpaired) electrons. The number of nitrogens with zero attached hydrogens (tertiary/aromatic N) is 1. The van der Waals surface area contributed by atoms with E-state index in [0.717, 1.165) is 6.54 Å². The fourth-order valence-electron chi connectivity index (χ4n) is 1.20. The lowest BCUT2D eigenvalue weighted by Gasteiger charge is -2.12. The minimum Gasteiger partial charge on any atom is -0.397 e. The number of methoxy groups -OCH3 is 1. The van der Waals surface area contributed by atoms with Crippen molar-refractivity contribution in [2.45, 2.75) is 6.92 Å². The molecule has 1 aromatic rings. The molecule has 0 aromatic carbocycles. The summed E-state index contributed by atoms with van der Waals surface area (Å²) in [4.78, 5) is 4.10. The summed E-state index contributed by atoms with van der Waals surface area (Å²) in [6, 6.07) is 1.68.